The largest absolute Gasteiger partial charge is 0.381 e. The van der Waals surface area contributed by atoms with Gasteiger partial charge in [0.25, 0.3) is 0 Å². The van der Waals surface area contributed by atoms with Gasteiger partial charge in [-0.05, 0) is 48.6 Å². The second kappa shape index (κ2) is 4.69. The van der Waals surface area contributed by atoms with Gasteiger partial charge in [-0.15, -0.1) is 0 Å². The van der Waals surface area contributed by atoms with Crippen LogP contribution in [0.2, 0.25) is 0 Å². The Morgan fingerprint density at radius 1 is 1.29 bits per heavy atom. The Kier molecular flexibility index (Phi) is 3.43. The van der Waals surface area contributed by atoms with Gasteiger partial charge in [-0.1, -0.05) is 26.8 Å². The third-order valence-electron chi connectivity index (χ3n) is 3.47. The third-order valence-corrected chi connectivity index (χ3v) is 3.47. The van der Waals surface area contributed by atoms with Crippen LogP contribution in [0.4, 0.5) is 5.69 Å². The van der Waals surface area contributed by atoms with Crippen molar-refractivity contribution in [3.8, 4) is 0 Å². The van der Waals surface area contributed by atoms with E-state index >= 15 is 0 Å². The molecule has 2 nitrogen and oxygen atoms in total. The molecule has 0 aromatic heterocycles. The summed E-state index contributed by atoms with van der Waals surface area (Å²) in [6.45, 7) is 11.2. The van der Waals surface area contributed by atoms with Gasteiger partial charge in [-0.3, -0.25) is 0 Å². The topological polar surface area (TPSA) is 24.1 Å². The number of hydrogen-bond donors (Lipinski definition) is 2. The first-order chi connectivity index (χ1) is 7.97. The molecule has 0 unspecified atom stereocenters. The lowest BCUT2D eigenvalue weighted by Crippen LogP contribution is -2.22. The van der Waals surface area contributed by atoms with E-state index in [-0.39, 0.29) is 5.41 Å². The number of benzene rings is 1. The van der Waals surface area contributed by atoms with Crippen LogP contribution in [0.5, 0.6) is 0 Å². The Hall–Kier alpha value is -1.02. The van der Waals surface area contributed by atoms with Crippen molar-refractivity contribution < 1.29 is 0 Å². The van der Waals surface area contributed by atoms with Crippen molar-refractivity contribution in [2.45, 2.75) is 45.6 Å². The highest BCUT2D eigenvalue weighted by molar-refractivity contribution is 5.50. The smallest absolute Gasteiger partial charge is 0.0398 e. The predicted octanol–water partition coefficient (Wildman–Crippen LogP) is 3.07. The van der Waals surface area contributed by atoms with Crippen molar-refractivity contribution >= 4 is 5.69 Å². The van der Waals surface area contributed by atoms with Gasteiger partial charge in [-0.25, -0.2) is 0 Å². The Balaban J connectivity index is 2.13. The van der Waals surface area contributed by atoms with Crippen molar-refractivity contribution in [1.82, 2.24) is 5.32 Å². The minimum Gasteiger partial charge on any atom is -0.381 e. The van der Waals surface area contributed by atoms with Gasteiger partial charge >= 0.3 is 0 Å². The molecule has 17 heavy (non-hydrogen) atoms. The zero-order valence-corrected chi connectivity index (χ0v) is 11.4. The lowest BCUT2D eigenvalue weighted by Gasteiger charge is -2.23. The molecule has 94 valence electrons. The third kappa shape index (κ3) is 3.01. The summed E-state index contributed by atoms with van der Waals surface area (Å²) >= 11 is 0. The lowest BCUT2D eigenvalue weighted by atomic mass is 9.84. The number of anilines is 1. The standard InChI is InChI=1S/C15H24N2/c1-11-9-12(17-13-7-8-16-10-13)5-6-14(11)15(2,3)4/h5-6,9,13,16-17H,7-8,10H2,1-4H3/t13-/m1/s1. The summed E-state index contributed by atoms with van der Waals surface area (Å²) in [7, 11) is 0. The molecule has 2 heteroatoms. The van der Waals surface area contributed by atoms with Crippen LogP contribution >= 0.6 is 0 Å². The Labute approximate surface area is 105 Å². The lowest BCUT2D eigenvalue weighted by molar-refractivity contribution is 0.586. The van der Waals surface area contributed by atoms with Gasteiger partial charge in [0.2, 0.25) is 0 Å². The van der Waals surface area contributed by atoms with Crippen LogP contribution < -0.4 is 10.6 Å². The average molecular weight is 232 g/mol. The van der Waals surface area contributed by atoms with Crippen LogP contribution in [0.15, 0.2) is 18.2 Å². The number of hydrogen-bond acceptors (Lipinski definition) is 2. The van der Waals surface area contributed by atoms with Gasteiger partial charge < -0.3 is 10.6 Å². The van der Waals surface area contributed by atoms with E-state index in [1.165, 1.54) is 23.2 Å². The maximum Gasteiger partial charge on any atom is 0.0398 e. The molecular formula is C15H24N2. The first-order valence-electron chi connectivity index (χ1n) is 6.55. The van der Waals surface area contributed by atoms with Crippen LogP contribution in [0.1, 0.15) is 38.3 Å². The van der Waals surface area contributed by atoms with Gasteiger partial charge in [0, 0.05) is 18.3 Å². The molecule has 1 aromatic rings. The quantitative estimate of drug-likeness (QED) is 0.819. The molecule has 0 aliphatic carbocycles. The molecule has 1 aliphatic heterocycles. The number of rotatable bonds is 2. The Morgan fingerprint density at radius 2 is 2.06 bits per heavy atom. The van der Waals surface area contributed by atoms with E-state index in [1.54, 1.807) is 0 Å². The molecule has 0 saturated carbocycles. The minimum atomic E-state index is 0.234. The minimum absolute atomic E-state index is 0.234. The molecule has 2 N–H and O–H groups in total. The van der Waals surface area contributed by atoms with E-state index in [9.17, 15) is 0 Å². The summed E-state index contributed by atoms with van der Waals surface area (Å²) in [5.41, 5.74) is 4.31. The Bertz CT molecular complexity index is 384. The molecular weight excluding hydrogens is 208 g/mol. The summed E-state index contributed by atoms with van der Waals surface area (Å²) < 4.78 is 0. The first-order valence-corrected chi connectivity index (χ1v) is 6.55. The summed E-state index contributed by atoms with van der Waals surface area (Å²) in [6, 6.07) is 7.35. The van der Waals surface area contributed by atoms with E-state index < -0.39 is 0 Å². The van der Waals surface area contributed by atoms with Crippen molar-refractivity contribution in [2.75, 3.05) is 18.4 Å². The highest BCUT2D eigenvalue weighted by Crippen LogP contribution is 2.27. The molecule has 0 radical (unpaired) electrons. The summed E-state index contributed by atoms with van der Waals surface area (Å²) in [5.74, 6) is 0. The van der Waals surface area contributed by atoms with Crippen LogP contribution in [-0.4, -0.2) is 19.1 Å². The number of nitrogens with one attached hydrogen (secondary N) is 2. The van der Waals surface area contributed by atoms with E-state index in [4.69, 9.17) is 0 Å². The second-order valence-corrected chi connectivity index (χ2v) is 6.11. The molecule has 2 rings (SSSR count). The Morgan fingerprint density at radius 3 is 2.59 bits per heavy atom. The summed E-state index contributed by atoms with van der Waals surface area (Å²) in [4.78, 5) is 0. The van der Waals surface area contributed by atoms with Gasteiger partial charge in [0.05, 0.1) is 0 Å². The maximum atomic E-state index is 3.60. The molecule has 1 saturated heterocycles. The van der Waals surface area contributed by atoms with Gasteiger partial charge in [0.15, 0.2) is 0 Å². The van der Waals surface area contributed by atoms with Gasteiger partial charge in [0.1, 0.15) is 0 Å². The van der Waals surface area contributed by atoms with Crippen LogP contribution in [-0.2, 0) is 5.41 Å². The zero-order valence-electron chi connectivity index (χ0n) is 11.4. The van der Waals surface area contributed by atoms with Crippen LogP contribution in [0.25, 0.3) is 0 Å². The molecule has 1 aliphatic rings. The van der Waals surface area contributed by atoms with Crippen molar-refractivity contribution in [1.29, 1.82) is 0 Å². The van der Waals surface area contributed by atoms with Crippen molar-refractivity contribution in [2.24, 2.45) is 0 Å². The zero-order chi connectivity index (χ0) is 12.5. The normalized spacial score (nSPS) is 20.6. The first kappa shape index (κ1) is 12.4. The molecule has 1 heterocycles. The van der Waals surface area contributed by atoms with Crippen LogP contribution in [0, 0.1) is 6.92 Å². The van der Waals surface area contributed by atoms with E-state index in [0.29, 0.717) is 6.04 Å². The fourth-order valence-corrected chi connectivity index (χ4v) is 2.61. The second-order valence-electron chi connectivity index (χ2n) is 6.11. The monoisotopic (exact) mass is 232 g/mol. The van der Waals surface area contributed by atoms with Gasteiger partial charge in [-0.2, -0.15) is 0 Å². The fourth-order valence-electron chi connectivity index (χ4n) is 2.61. The van der Waals surface area contributed by atoms with E-state index in [0.717, 1.165) is 13.1 Å². The highest BCUT2D eigenvalue weighted by Gasteiger charge is 2.17. The summed E-state index contributed by atoms with van der Waals surface area (Å²) in [5, 5.41) is 6.98. The van der Waals surface area contributed by atoms with Crippen molar-refractivity contribution in [3.63, 3.8) is 0 Å². The SMILES string of the molecule is Cc1cc(N[C@@H]2CCNC2)ccc1C(C)(C)C. The molecule has 1 aromatic carbocycles. The molecule has 1 atom stereocenters. The van der Waals surface area contributed by atoms with Crippen molar-refractivity contribution in [3.05, 3.63) is 29.3 Å². The molecule has 1 fully saturated rings. The highest BCUT2D eigenvalue weighted by atomic mass is 15.0. The average Bonchev–Trinajstić information content (AvgIpc) is 2.68. The molecule has 0 bridgehead atoms. The van der Waals surface area contributed by atoms with E-state index in [2.05, 4.69) is 56.5 Å². The molecule has 0 amide bonds. The molecule has 0 spiro atoms. The summed E-state index contributed by atoms with van der Waals surface area (Å²) in [6.07, 6.45) is 1.22. The predicted molar refractivity (Wildman–Crippen MR) is 74.8 cm³/mol. The fraction of sp³-hybridized carbons (Fsp3) is 0.600. The number of aryl methyl sites for hydroxylation is 1. The maximum absolute atomic E-state index is 3.60. The van der Waals surface area contributed by atoms with E-state index in [1.807, 2.05) is 0 Å². The van der Waals surface area contributed by atoms with Crippen LogP contribution in [0.3, 0.4) is 0 Å².